The van der Waals surface area contributed by atoms with Gasteiger partial charge in [-0.3, -0.25) is 0 Å². The predicted molar refractivity (Wildman–Crippen MR) is 88.5 cm³/mol. The summed E-state index contributed by atoms with van der Waals surface area (Å²) in [6.45, 7) is 0.776. The van der Waals surface area contributed by atoms with Gasteiger partial charge in [-0.25, -0.2) is 0 Å². The monoisotopic (exact) mass is 592 g/mol. The molecule has 0 atom stereocenters. The van der Waals surface area contributed by atoms with Crippen LogP contribution in [0.15, 0.2) is 12.1 Å². The molecule has 0 amide bonds. The molecule has 1 rings (SSSR count). The normalized spacial score (nSPS) is 10.3. The van der Waals surface area contributed by atoms with E-state index in [9.17, 15) is 0 Å². The second kappa shape index (κ2) is 7.10. The number of hydrogen-bond acceptors (Lipinski definition) is 1. The van der Waals surface area contributed by atoms with Gasteiger partial charge in [0, 0.05) is 8.90 Å². The molecule has 0 aliphatic carbocycles. The second-order valence-corrected chi connectivity index (χ2v) is 6.95. The van der Waals surface area contributed by atoms with Crippen molar-refractivity contribution in [3.05, 3.63) is 22.8 Å². The van der Waals surface area contributed by atoms with E-state index in [-0.39, 0.29) is 0 Å². The van der Waals surface area contributed by atoms with Crippen LogP contribution in [0.5, 0.6) is 5.75 Å². The summed E-state index contributed by atoms with van der Waals surface area (Å²) >= 11 is 10.3. The van der Waals surface area contributed by atoms with Gasteiger partial charge in [0.1, 0.15) is 5.75 Å². The Balaban J connectivity index is 2.75. The van der Waals surface area contributed by atoms with Crippen molar-refractivity contribution in [1.82, 2.24) is 0 Å². The van der Waals surface area contributed by atoms with Crippen LogP contribution in [-0.4, -0.2) is 11.9 Å². The largest absolute Gasteiger partial charge is 0.491 e. The third-order valence-electron chi connectivity index (χ3n) is 1.49. The van der Waals surface area contributed by atoms with Gasteiger partial charge in [0.05, 0.1) is 13.7 Å². The molecule has 14 heavy (non-hydrogen) atoms. The second-order valence-electron chi connectivity index (χ2n) is 2.59. The molecule has 0 aliphatic heterocycles. The van der Waals surface area contributed by atoms with Crippen LogP contribution in [-0.2, 0) is 0 Å². The molecule has 0 bridgehead atoms. The molecule has 1 aromatic carbocycles. The Morgan fingerprint density at radius 1 is 1.14 bits per heavy atom. The molecule has 0 N–H and O–H groups in total. The number of alkyl halides is 1. The summed E-state index contributed by atoms with van der Waals surface area (Å²) in [6, 6.07) is 4.26. The standard InChI is InChI=1S/C9H8BrI3O/c10-2-1-3-14-9-7(12)4-6(11)5-8(9)13/h4-5H,1-3H2. The third-order valence-corrected chi connectivity index (χ3v) is 4.27. The summed E-state index contributed by atoms with van der Waals surface area (Å²) in [7, 11) is 0. The quantitative estimate of drug-likeness (QED) is 0.281. The van der Waals surface area contributed by atoms with Crippen LogP contribution in [0.2, 0.25) is 0 Å². The van der Waals surface area contributed by atoms with Crippen molar-refractivity contribution in [2.24, 2.45) is 0 Å². The number of hydrogen-bond donors (Lipinski definition) is 0. The van der Waals surface area contributed by atoms with Crippen LogP contribution in [0, 0.1) is 10.7 Å². The first-order valence-electron chi connectivity index (χ1n) is 3.98. The van der Waals surface area contributed by atoms with Crippen molar-refractivity contribution in [2.45, 2.75) is 6.42 Å². The van der Waals surface area contributed by atoms with Gasteiger partial charge in [0.2, 0.25) is 0 Å². The zero-order valence-electron chi connectivity index (χ0n) is 7.20. The van der Waals surface area contributed by atoms with Crippen molar-refractivity contribution >= 4 is 83.7 Å². The van der Waals surface area contributed by atoms with Crippen molar-refractivity contribution in [1.29, 1.82) is 0 Å². The maximum Gasteiger partial charge on any atom is 0.145 e. The lowest BCUT2D eigenvalue weighted by Crippen LogP contribution is -2.01. The molecule has 0 aliphatic rings. The van der Waals surface area contributed by atoms with E-state index in [2.05, 4.69) is 95.8 Å². The maximum atomic E-state index is 5.71. The summed E-state index contributed by atoms with van der Waals surface area (Å²) in [5, 5.41) is 0.991. The average Bonchev–Trinajstić information content (AvgIpc) is 2.09. The van der Waals surface area contributed by atoms with E-state index >= 15 is 0 Å². The topological polar surface area (TPSA) is 9.23 Å². The van der Waals surface area contributed by atoms with Crippen LogP contribution in [0.3, 0.4) is 0 Å². The lowest BCUT2D eigenvalue weighted by atomic mass is 10.3. The Hall–Kier alpha value is 1.69. The lowest BCUT2D eigenvalue weighted by Gasteiger charge is -2.10. The summed E-state index contributed by atoms with van der Waals surface area (Å²) in [4.78, 5) is 0. The van der Waals surface area contributed by atoms with Crippen LogP contribution >= 0.6 is 83.7 Å². The molecular weight excluding hydrogens is 585 g/mol. The zero-order valence-corrected chi connectivity index (χ0v) is 15.3. The fourth-order valence-corrected chi connectivity index (χ4v) is 5.02. The molecule has 0 heterocycles. The Kier molecular flexibility index (Phi) is 6.98. The van der Waals surface area contributed by atoms with Gasteiger partial charge in [-0.15, -0.1) is 0 Å². The maximum absolute atomic E-state index is 5.71. The van der Waals surface area contributed by atoms with Crippen molar-refractivity contribution < 1.29 is 4.74 Å². The molecule has 78 valence electrons. The van der Waals surface area contributed by atoms with Crippen LogP contribution < -0.4 is 4.74 Å². The van der Waals surface area contributed by atoms with E-state index in [1.54, 1.807) is 0 Å². The minimum Gasteiger partial charge on any atom is -0.491 e. The van der Waals surface area contributed by atoms with Crippen LogP contribution in [0.4, 0.5) is 0 Å². The van der Waals surface area contributed by atoms with E-state index in [0.717, 1.165) is 24.1 Å². The summed E-state index contributed by atoms with van der Waals surface area (Å²) in [6.07, 6.45) is 1.04. The van der Waals surface area contributed by atoms with Crippen molar-refractivity contribution in [3.8, 4) is 5.75 Å². The Bertz CT molecular complexity index is 294. The van der Waals surface area contributed by atoms with Gasteiger partial charge >= 0.3 is 0 Å². The minimum atomic E-state index is 0.776. The molecule has 0 aromatic heterocycles. The number of halogens is 4. The summed E-state index contributed by atoms with van der Waals surface area (Å²) < 4.78 is 9.35. The number of benzene rings is 1. The summed E-state index contributed by atoms with van der Waals surface area (Å²) in [5.41, 5.74) is 0. The minimum absolute atomic E-state index is 0.776. The van der Waals surface area contributed by atoms with E-state index in [1.807, 2.05) is 0 Å². The highest BCUT2D eigenvalue weighted by Crippen LogP contribution is 2.29. The van der Waals surface area contributed by atoms with Crippen LogP contribution in [0.1, 0.15) is 6.42 Å². The van der Waals surface area contributed by atoms with E-state index in [4.69, 9.17) is 4.74 Å². The van der Waals surface area contributed by atoms with Gasteiger partial charge in [0.15, 0.2) is 0 Å². The fraction of sp³-hybridized carbons (Fsp3) is 0.333. The number of rotatable bonds is 4. The number of ether oxygens (including phenoxy) is 1. The average molecular weight is 593 g/mol. The van der Waals surface area contributed by atoms with E-state index in [1.165, 1.54) is 10.7 Å². The molecule has 0 spiro atoms. The molecule has 0 fully saturated rings. The highest BCUT2D eigenvalue weighted by atomic mass is 127. The first-order valence-corrected chi connectivity index (χ1v) is 8.34. The zero-order chi connectivity index (χ0) is 10.6. The van der Waals surface area contributed by atoms with Gasteiger partial charge in [-0.05, 0) is 86.3 Å². The summed E-state index contributed by atoms with van der Waals surface area (Å²) in [5.74, 6) is 1.02. The van der Waals surface area contributed by atoms with Crippen LogP contribution in [0.25, 0.3) is 0 Å². The van der Waals surface area contributed by atoms with Gasteiger partial charge in [-0.2, -0.15) is 0 Å². The van der Waals surface area contributed by atoms with Crippen molar-refractivity contribution in [3.63, 3.8) is 0 Å². The highest BCUT2D eigenvalue weighted by molar-refractivity contribution is 14.1. The molecule has 0 saturated carbocycles. The Labute approximate surface area is 133 Å². The smallest absolute Gasteiger partial charge is 0.145 e. The molecule has 0 unspecified atom stereocenters. The van der Waals surface area contributed by atoms with Crippen molar-refractivity contribution in [2.75, 3.05) is 11.9 Å². The SMILES string of the molecule is BrCCCOc1c(I)cc(I)cc1I. The molecule has 1 aromatic rings. The lowest BCUT2D eigenvalue weighted by molar-refractivity contribution is 0.314. The predicted octanol–water partition coefficient (Wildman–Crippen LogP) is 4.66. The molecule has 5 heteroatoms. The third kappa shape index (κ3) is 4.28. The first kappa shape index (κ1) is 13.8. The van der Waals surface area contributed by atoms with E-state index < -0.39 is 0 Å². The molecule has 0 radical (unpaired) electrons. The van der Waals surface area contributed by atoms with Gasteiger partial charge in [0.25, 0.3) is 0 Å². The van der Waals surface area contributed by atoms with Gasteiger partial charge in [-0.1, -0.05) is 15.9 Å². The highest BCUT2D eigenvalue weighted by Gasteiger charge is 2.07. The Morgan fingerprint density at radius 2 is 1.71 bits per heavy atom. The molecular formula is C9H8BrI3O. The van der Waals surface area contributed by atoms with E-state index in [0.29, 0.717) is 0 Å². The first-order chi connectivity index (χ1) is 6.65. The van der Waals surface area contributed by atoms with Gasteiger partial charge < -0.3 is 4.74 Å². The Morgan fingerprint density at radius 3 is 2.21 bits per heavy atom. The molecule has 1 nitrogen and oxygen atoms in total. The molecule has 0 saturated heterocycles. The fourth-order valence-electron chi connectivity index (χ4n) is 0.896.